The van der Waals surface area contributed by atoms with Crippen molar-refractivity contribution < 1.29 is 18.3 Å². The molecule has 2 aromatic rings. The van der Waals surface area contributed by atoms with E-state index < -0.39 is 11.6 Å². The molecule has 0 spiro atoms. The van der Waals surface area contributed by atoms with Crippen LogP contribution in [0.2, 0.25) is 0 Å². The predicted octanol–water partition coefficient (Wildman–Crippen LogP) is 2.87. The number of aromatic nitrogens is 2. The largest absolute Gasteiger partial charge is 0.466 e. The second kappa shape index (κ2) is 6.03. The summed E-state index contributed by atoms with van der Waals surface area (Å²) in [5.74, 6) is -1.71. The van der Waals surface area contributed by atoms with Crippen molar-refractivity contribution in [3.05, 3.63) is 46.8 Å². The van der Waals surface area contributed by atoms with Crippen LogP contribution in [0, 0.1) is 25.5 Å². The van der Waals surface area contributed by atoms with E-state index >= 15 is 0 Å². The SMILES string of the molecule is CCOC(=O)Cc1c(C)nn(-c2ccc(F)cc2F)c1C. The van der Waals surface area contributed by atoms with Crippen molar-refractivity contribution in [2.24, 2.45) is 0 Å². The Balaban J connectivity index is 2.41. The summed E-state index contributed by atoms with van der Waals surface area (Å²) in [6, 6.07) is 3.29. The number of esters is 1. The van der Waals surface area contributed by atoms with Gasteiger partial charge >= 0.3 is 5.97 Å². The molecule has 0 aliphatic rings. The van der Waals surface area contributed by atoms with Crippen molar-refractivity contribution in [2.45, 2.75) is 27.2 Å². The molecule has 0 unspecified atom stereocenters. The summed E-state index contributed by atoms with van der Waals surface area (Å²) in [6.45, 7) is 5.50. The molecule has 0 bridgehead atoms. The lowest BCUT2D eigenvalue weighted by atomic mass is 10.1. The van der Waals surface area contributed by atoms with Gasteiger partial charge in [0, 0.05) is 17.3 Å². The molecule has 0 saturated heterocycles. The minimum absolute atomic E-state index is 0.0777. The molecule has 0 amide bonds. The quantitative estimate of drug-likeness (QED) is 0.814. The van der Waals surface area contributed by atoms with Gasteiger partial charge in [-0.15, -0.1) is 0 Å². The van der Waals surface area contributed by atoms with Gasteiger partial charge in [-0.3, -0.25) is 4.79 Å². The first-order chi connectivity index (χ1) is 9.93. The molecule has 0 aliphatic carbocycles. The van der Waals surface area contributed by atoms with E-state index in [4.69, 9.17) is 4.74 Å². The summed E-state index contributed by atoms with van der Waals surface area (Å²) in [7, 11) is 0. The highest BCUT2D eigenvalue weighted by atomic mass is 19.1. The lowest BCUT2D eigenvalue weighted by Crippen LogP contribution is -2.09. The van der Waals surface area contributed by atoms with Gasteiger partial charge in [-0.2, -0.15) is 5.10 Å². The monoisotopic (exact) mass is 294 g/mol. The molecule has 1 aromatic carbocycles. The Morgan fingerprint density at radius 3 is 2.67 bits per heavy atom. The fraction of sp³-hybridized carbons (Fsp3) is 0.333. The summed E-state index contributed by atoms with van der Waals surface area (Å²) >= 11 is 0. The van der Waals surface area contributed by atoms with Crippen molar-refractivity contribution in [3.63, 3.8) is 0 Å². The Hall–Kier alpha value is -2.24. The fourth-order valence-electron chi connectivity index (χ4n) is 2.17. The number of ether oxygens (including phenoxy) is 1. The van der Waals surface area contributed by atoms with Crippen molar-refractivity contribution in [1.82, 2.24) is 9.78 Å². The number of benzene rings is 1. The molecule has 2 rings (SSSR count). The maximum absolute atomic E-state index is 13.8. The molecule has 0 saturated carbocycles. The van der Waals surface area contributed by atoms with Crippen LogP contribution in [-0.4, -0.2) is 22.4 Å². The summed E-state index contributed by atoms with van der Waals surface area (Å²) < 4.78 is 33.1. The summed E-state index contributed by atoms with van der Waals surface area (Å²) in [6.07, 6.45) is 0.0777. The molecule has 1 heterocycles. The van der Waals surface area contributed by atoms with Crippen LogP contribution in [0.15, 0.2) is 18.2 Å². The molecule has 0 radical (unpaired) electrons. The van der Waals surface area contributed by atoms with Crippen LogP contribution in [0.1, 0.15) is 23.9 Å². The third-order valence-corrected chi connectivity index (χ3v) is 3.21. The van der Waals surface area contributed by atoms with Crippen LogP contribution in [0.25, 0.3) is 5.69 Å². The molecule has 0 aliphatic heterocycles. The highest BCUT2D eigenvalue weighted by Gasteiger charge is 2.18. The molecule has 0 fully saturated rings. The minimum atomic E-state index is -0.705. The van der Waals surface area contributed by atoms with Crippen LogP contribution >= 0.6 is 0 Å². The molecule has 1 aromatic heterocycles. The first kappa shape index (κ1) is 15.2. The van der Waals surface area contributed by atoms with Crippen LogP contribution in [0.3, 0.4) is 0 Å². The van der Waals surface area contributed by atoms with E-state index in [-0.39, 0.29) is 18.1 Å². The molecular formula is C15H16F2N2O2. The Morgan fingerprint density at radius 2 is 2.05 bits per heavy atom. The lowest BCUT2D eigenvalue weighted by molar-refractivity contribution is -0.142. The zero-order chi connectivity index (χ0) is 15.6. The van der Waals surface area contributed by atoms with Gasteiger partial charge in [-0.25, -0.2) is 13.5 Å². The average Bonchev–Trinajstić information content (AvgIpc) is 2.67. The van der Waals surface area contributed by atoms with Crippen molar-refractivity contribution in [2.75, 3.05) is 6.61 Å². The Bertz CT molecular complexity index is 681. The second-order valence-corrected chi connectivity index (χ2v) is 4.64. The summed E-state index contributed by atoms with van der Waals surface area (Å²) in [5.41, 5.74) is 2.08. The molecule has 0 N–H and O–H groups in total. The molecular weight excluding hydrogens is 278 g/mol. The van der Waals surface area contributed by atoms with Crippen LogP contribution in [-0.2, 0) is 16.0 Å². The van der Waals surface area contributed by atoms with Gasteiger partial charge in [0.25, 0.3) is 0 Å². The lowest BCUT2D eigenvalue weighted by Gasteiger charge is -2.07. The van der Waals surface area contributed by atoms with E-state index in [0.717, 1.165) is 6.07 Å². The van der Waals surface area contributed by atoms with E-state index in [2.05, 4.69) is 5.10 Å². The van der Waals surface area contributed by atoms with Gasteiger partial charge in [0.2, 0.25) is 0 Å². The normalized spacial score (nSPS) is 10.7. The maximum atomic E-state index is 13.8. The number of hydrogen-bond acceptors (Lipinski definition) is 3. The predicted molar refractivity (Wildman–Crippen MR) is 73.3 cm³/mol. The van der Waals surface area contributed by atoms with Gasteiger partial charge < -0.3 is 4.74 Å². The van der Waals surface area contributed by atoms with E-state index in [1.54, 1.807) is 20.8 Å². The molecule has 6 heteroatoms. The van der Waals surface area contributed by atoms with Crippen molar-refractivity contribution in [1.29, 1.82) is 0 Å². The van der Waals surface area contributed by atoms with E-state index in [1.807, 2.05) is 0 Å². The Kier molecular flexibility index (Phi) is 4.35. The number of carbonyl (C=O) groups is 1. The third kappa shape index (κ3) is 3.09. The van der Waals surface area contributed by atoms with Gasteiger partial charge in [-0.1, -0.05) is 0 Å². The smallest absolute Gasteiger partial charge is 0.310 e. The molecule has 21 heavy (non-hydrogen) atoms. The molecule has 0 atom stereocenters. The first-order valence-corrected chi connectivity index (χ1v) is 6.60. The number of carbonyl (C=O) groups excluding carboxylic acids is 1. The number of halogens is 2. The molecule has 112 valence electrons. The van der Waals surface area contributed by atoms with Crippen LogP contribution in [0.4, 0.5) is 8.78 Å². The standard InChI is InChI=1S/C15H16F2N2O2/c1-4-21-15(20)8-12-9(2)18-19(10(12)3)14-6-5-11(16)7-13(14)17/h5-7H,4,8H2,1-3H3. The highest BCUT2D eigenvalue weighted by Crippen LogP contribution is 2.21. The zero-order valence-corrected chi connectivity index (χ0v) is 12.1. The van der Waals surface area contributed by atoms with Gasteiger partial charge in [0.1, 0.15) is 11.5 Å². The number of aryl methyl sites for hydroxylation is 1. The van der Waals surface area contributed by atoms with Crippen molar-refractivity contribution >= 4 is 5.97 Å². The molecule has 4 nitrogen and oxygen atoms in total. The fourth-order valence-corrected chi connectivity index (χ4v) is 2.17. The zero-order valence-electron chi connectivity index (χ0n) is 12.1. The van der Waals surface area contributed by atoms with Gasteiger partial charge in [-0.05, 0) is 32.9 Å². The summed E-state index contributed by atoms with van der Waals surface area (Å²) in [5, 5.41) is 4.23. The van der Waals surface area contributed by atoms with E-state index in [0.29, 0.717) is 23.6 Å². The number of rotatable bonds is 4. The van der Waals surface area contributed by atoms with Crippen molar-refractivity contribution in [3.8, 4) is 5.69 Å². The van der Waals surface area contributed by atoms with E-state index in [9.17, 15) is 13.6 Å². The Morgan fingerprint density at radius 1 is 1.33 bits per heavy atom. The minimum Gasteiger partial charge on any atom is -0.466 e. The highest BCUT2D eigenvalue weighted by molar-refractivity contribution is 5.73. The Labute approximate surface area is 121 Å². The maximum Gasteiger partial charge on any atom is 0.310 e. The van der Waals surface area contributed by atoms with Gasteiger partial charge in [0.05, 0.1) is 18.7 Å². The van der Waals surface area contributed by atoms with Crippen LogP contribution < -0.4 is 0 Å². The third-order valence-electron chi connectivity index (χ3n) is 3.21. The number of hydrogen-bond donors (Lipinski definition) is 0. The van der Waals surface area contributed by atoms with Gasteiger partial charge in [0.15, 0.2) is 5.82 Å². The first-order valence-electron chi connectivity index (χ1n) is 6.60. The second-order valence-electron chi connectivity index (χ2n) is 4.64. The van der Waals surface area contributed by atoms with E-state index in [1.165, 1.54) is 16.8 Å². The van der Waals surface area contributed by atoms with Crippen LogP contribution in [0.5, 0.6) is 0 Å². The topological polar surface area (TPSA) is 44.1 Å². The number of nitrogens with zero attached hydrogens (tertiary/aromatic N) is 2. The summed E-state index contributed by atoms with van der Waals surface area (Å²) in [4.78, 5) is 11.6. The average molecular weight is 294 g/mol.